The molecule has 0 aliphatic carbocycles. The van der Waals surface area contributed by atoms with E-state index in [0.29, 0.717) is 0 Å². The zero-order chi connectivity index (χ0) is 12.8. The molecule has 0 atom stereocenters. The number of hydrogen-bond acceptors (Lipinski definition) is 3. The van der Waals surface area contributed by atoms with E-state index in [9.17, 15) is 13.2 Å². The molecule has 0 bridgehead atoms. The van der Waals surface area contributed by atoms with Crippen LogP contribution in [0.15, 0.2) is 12.8 Å². The second kappa shape index (κ2) is 6.09. The van der Waals surface area contributed by atoms with Crippen molar-refractivity contribution in [1.82, 2.24) is 4.90 Å². The third-order valence-corrected chi connectivity index (χ3v) is 2.53. The molecule has 0 radical (unpaired) electrons. The number of hydrogen-bond donors (Lipinski definition) is 1. The van der Waals surface area contributed by atoms with Gasteiger partial charge in [-0.25, -0.2) is 0 Å². The molecule has 1 saturated heterocycles. The molecule has 1 rings (SSSR count). The van der Waals surface area contributed by atoms with Crippen molar-refractivity contribution in [2.45, 2.75) is 24.8 Å². The second-order valence-corrected chi connectivity index (χ2v) is 4.61. The Morgan fingerprint density at radius 2 is 1.56 bits per heavy atom. The summed E-state index contributed by atoms with van der Waals surface area (Å²) >= 11 is 0. The molecule has 0 amide bonds. The molecule has 0 aromatic heterocycles. The molecule has 1 N–H and O–H groups in total. The standard InChI is InChI=1S/C7H13N.CHF3O3S/c1-2-8-6-4-3-5-7-8;2-1(3,4)8(5,6)7/h2H,1,3-7H2;(H,5,6,7). The maximum atomic E-state index is 10.7. The molecule has 0 unspecified atom stereocenters. The van der Waals surface area contributed by atoms with Gasteiger partial charge >= 0.3 is 15.6 Å². The number of likely N-dealkylation sites (tertiary alicyclic amines) is 1. The number of alkyl halides is 3. The van der Waals surface area contributed by atoms with Crippen LogP contribution in [0.4, 0.5) is 13.2 Å². The van der Waals surface area contributed by atoms with Crippen molar-refractivity contribution < 1.29 is 26.1 Å². The van der Waals surface area contributed by atoms with Gasteiger partial charge in [-0.3, -0.25) is 4.55 Å². The maximum absolute atomic E-state index is 10.7. The van der Waals surface area contributed by atoms with Gasteiger partial charge in [0.25, 0.3) is 0 Å². The van der Waals surface area contributed by atoms with Crippen LogP contribution in [-0.4, -0.2) is 36.5 Å². The van der Waals surface area contributed by atoms with Gasteiger partial charge in [0.05, 0.1) is 0 Å². The van der Waals surface area contributed by atoms with Crippen LogP contribution >= 0.6 is 0 Å². The van der Waals surface area contributed by atoms with Crippen LogP contribution in [0.5, 0.6) is 0 Å². The van der Waals surface area contributed by atoms with E-state index < -0.39 is 15.6 Å². The Kier molecular flexibility index (Phi) is 5.80. The topological polar surface area (TPSA) is 57.6 Å². The van der Waals surface area contributed by atoms with Crippen LogP contribution in [0.2, 0.25) is 0 Å². The highest BCUT2D eigenvalue weighted by Gasteiger charge is 2.44. The Morgan fingerprint density at radius 3 is 1.75 bits per heavy atom. The molecule has 0 saturated carbocycles. The summed E-state index contributed by atoms with van der Waals surface area (Å²) in [6, 6.07) is 0. The highest BCUT2D eigenvalue weighted by Crippen LogP contribution is 2.20. The lowest BCUT2D eigenvalue weighted by atomic mass is 10.1. The van der Waals surface area contributed by atoms with E-state index in [1.807, 2.05) is 6.20 Å². The van der Waals surface area contributed by atoms with Gasteiger partial charge in [0, 0.05) is 13.1 Å². The van der Waals surface area contributed by atoms with E-state index in [1.165, 1.54) is 32.4 Å². The first-order chi connectivity index (χ1) is 7.18. The summed E-state index contributed by atoms with van der Waals surface area (Å²) in [5, 5.41) is 0. The summed E-state index contributed by atoms with van der Waals surface area (Å²) in [4.78, 5) is 2.28. The van der Waals surface area contributed by atoms with Gasteiger partial charge in [0.2, 0.25) is 0 Å². The summed E-state index contributed by atoms with van der Waals surface area (Å²) in [6.07, 6.45) is 6.06. The highest BCUT2D eigenvalue weighted by molar-refractivity contribution is 7.86. The van der Waals surface area contributed by atoms with Crippen molar-refractivity contribution in [3.05, 3.63) is 12.8 Å². The summed E-state index contributed by atoms with van der Waals surface area (Å²) in [6.45, 7) is 6.16. The molecule has 0 aromatic carbocycles. The van der Waals surface area contributed by atoms with E-state index in [0.717, 1.165) is 0 Å². The van der Waals surface area contributed by atoms with Crippen LogP contribution in [-0.2, 0) is 10.1 Å². The molecule has 1 aliphatic rings. The molecule has 1 aliphatic heterocycles. The van der Waals surface area contributed by atoms with Gasteiger partial charge in [-0.15, -0.1) is 0 Å². The van der Waals surface area contributed by atoms with Crippen molar-refractivity contribution in [3.8, 4) is 0 Å². The largest absolute Gasteiger partial charge is 0.522 e. The molecule has 0 aromatic rings. The van der Waals surface area contributed by atoms with Gasteiger partial charge in [-0.05, 0) is 25.5 Å². The third-order valence-electron chi connectivity index (χ3n) is 1.94. The van der Waals surface area contributed by atoms with Gasteiger partial charge in [0.15, 0.2) is 0 Å². The van der Waals surface area contributed by atoms with Crippen LogP contribution in [0.1, 0.15) is 19.3 Å². The first-order valence-corrected chi connectivity index (χ1v) is 6.03. The van der Waals surface area contributed by atoms with Crippen molar-refractivity contribution in [2.75, 3.05) is 13.1 Å². The van der Waals surface area contributed by atoms with Crippen LogP contribution in [0.25, 0.3) is 0 Å². The lowest BCUT2D eigenvalue weighted by Gasteiger charge is -2.23. The predicted molar refractivity (Wildman–Crippen MR) is 53.2 cm³/mol. The minimum atomic E-state index is -5.84. The van der Waals surface area contributed by atoms with Crippen LogP contribution < -0.4 is 0 Å². The fourth-order valence-corrected chi connectivity index (χ4v) is 1.10. The lowest BCUT2D eigenvalue weighted by molar-refractivity contribution is -0.0510. The van der Waals surface area contributed by atoms with E-state index in [4.69, 9.17) is 13.0 Å². The van der Waals surface area contributed by atoms with E-state index in [1.54, 1.807) is 0 Å². The second-order valence-electron chi connectivity index (χ2n) is 3.20. The predicted octanol–water partition coefficient (Wildman–Crippen LogP) is 2.01. The monoisotopic (exact) mass is 261 g/mol. The van der Waals surface area contributed by atoms with Crippen LogP contribution in [0.3, 0.4) is 0 Å². The van der Waals surface area contributed by atoms with Gasteiger partial charge in [0.1, 0.15) is 0 Å². The number of halogens is 3. The molecule has 0 spiro atoms. The van der Waals surface area contributed by atoms with Crippen molar-refractivity contribution in [1.29, 1.82) is 0 Å². The fraction of sp³-hybridized carbons (Fsp3) is 0.750. The minimum Gasteiger partial charge on any atom is -0.378 e. The Bertz CT molecular complexity index is 307. The third kappa shape index (κ3) is 5.96. The summed E-state index contributed by atoms with van der Waals surface area (Å²) in [5.74, 6) is 0. The molecule has 4 nitrogen and oxygen atoms in total. The number of nitrogens with zero attached hydrogens (tertiary/aromatic N) is 1. The lowest BCUT2D eigenvalue weighted by Crippen LogP contribution is -2.23. The Hall–Kier alpha value is -0.760. The summed E-state index contributed by atoms with van der Waals surface area (Å²) in [5.41, 5.74) is -5.53. The normalized spacial score (nSPS) is 17.4. The summed E-state index contributed by atoms with van der Waals surface area (Å²) in [7, 11) is -5.84. The van der Waals surface area contributed by atoms with Crippen molar-refractivity contribution in [2.24, 2.45) is 0 Å². The van der Waals surface area contributed by atoms with Crippen molar-refractivity contribution in [3.63, 3.8) is 0 Å². The molecule has 8 heteroatoms. The molecular weight excluding hydrogens is 247 g/mol. The van der Waals surface area contributed by atoms with E-state index >= 15 is 0 Å². The average molecular weight is 261 g/mol. The minimum absolute atomic E-state index is 1.23. The first-order valence-electron chi connectivity index (χ1n) is 4.59. The number of piperidine rings is 1. The molecular formula is C8H14F3NO3S. The van der Waals surface area contributed by atoms with Crippen LogP contribution in [0, 0.1) is 0 Å². The SMILES string of the molecule is C=CN1CCCCC1.O=S(=O)(O)C(F)(F)F. The average Bonchev–Trinajstić information content (AvgIpc) is 2.17. The van der Waals surface area contributed by atoms with Crippen molar-refractivity contribution >= 4 is 10.1 Å². The maximum Gasteiger partial charge on any atom is 0.522 e. The van der Waals surface area contributed by atoms with Gasteiger partial charge < -0.3 is 4.90 Å². The zero-order valence-electron chi connectivity index (χ0n) is 8.57. The Labute approximate surface area is 92.5 Å². The quantitative estimate of drug-likeness (QED) is 0.579. The molecule has 16 heavy (non-hydrogen) atoms. The molecule has 96 valence electrons. The Morgan fingerprint density at radius 1 is 1.19 bits per heavy atom. The first kappa shape index (κ1) is 15.2. The number of rotatable bonds is 1. The van der Waals surface area contributed by atoms with Gasteiger partial charge in [-0.1, -0.05) is 6.58 Å². The summed E-state index contributed by atoms with van der Waals surface area (Å²) < 4.78 is 57.5. The fourth-order valence-electron chi connectivity index (χ4n) is 1.10. The molecule has 1 fully saturated rings. The van der Waals surface area contributed by atoms with E-state index in [-0.39, 0.29) is 0 Å². The molecule has 1 heterocycles. The zero-order valence-corrected chi connectivity index (χ0v) is 9.39. The smallest absolute Gasteiger partial charge is 0.378 e. The highest BCUT2D eigenvalue weighted by atomic mass is 32.2. The Balaban J connectivity index is 0.000000281. The van der Waals surface area contributed by atoms with E-state index in [2.05, 4.69) is 11.5 Å². The van der Waals surface area contributed by atoms with Gasteiger partial charge in [-0.2, -0.15) is 21.6 Å².